The van der Waals surface area contributed by atoms with Crippen LogP contribution in [0, 0.1) is 0 Å². The standard InChI is InChI=1S/C26H25ClN2O/c1-2-19-9-6-10-22-24(17-29-26(19)22)23(20-11-13-21(27)14-12-20)15-25(30)28-16-18-7-4-3-5-8-18/h3-14,17,23,29H,2,15-16H2,1H3,(H,28,30)/t23-/m0/s1. The van der Waals surface area contributed by atoms with Crippen LogP contribution in [0.1, 0.15) is 41.5 Å². The van der Waals surface area contributed by atoms with Crippen molar-refractivity contribution >= 4 is 28.4 Å². The van der Waals surface area contributed by atoms with E-state index >= 15 is 0 Å². The number of para-hydroxylation sites is 1. The van der Waals surface area contributed by atoms with Gasteiger partial charge in [-0.05, 0) is 40.8 Å². The molecule has 0 unspecified atom stereocenters. The maximum Gasteiger partial charge on any atom is 0.221 e. The Hall–Kier alpha value is -3.04. The lowest BCUT2D eigenvalue weighted by Gasteiger charge is -2.18. The molecule has 2 N–H and O–H groups in total. The molecular formula is C26H25ClN2O. The predicted octanol–water partition coefficient (Wildman–Crippen LogP) is 6.22. The summed E-state index contributed by atoms with van der Waals surface area (Å²) in [5.74, 6) is -0.0290. The summed E-state index contributed by atoms with van der Waals surface area (Å²) in [6.07, 6.45) is 3.38. The number of amides is 1. The highest BCUT2D eigenvalue weighted by Gasteiger charge is 2.22. The zero-order valence-electron chi connectivity index (χ0n) is 17.0. The van der Waals surface area contributed by atoms with E-state index in [1.807, 2.05) is 60.8 Å². The molecule has 0 aliphatic carbocycles. The minimum atomic E-state index is -0.0566. The van der Waals surface area contributed by atoms with Crippen LogP contribution in [0.4, 0.5) is 0 Å². The first-order valence-electron chi connectivity index (χ1n) is 10.3. The van der Waals surface area contributed by atoms with Crippen LogP contribution in [0.15, 0.2) is 79.0 Å². The molecule has 0 saturated carbocycles. The van der Waals surface area contributed by atoms with E-state index in [9.17, 15) is 4.79 Å². The summed E-state index contributed by atoms with van der Waals surface area (Å²) >= 11 is 6.11. The lowest BCUT2D eigenvalue weighted by atomic mass is 9.87. The number of halogens is 1. The number of H-pyrrole nitrogens is 1. The summed E-state index contributed by atoms with van der Waals surface area (Å²) < 4.78 is 0. The van der Waals surface area contributed by atoms with E-state index in [1.165, 1.54) is 10.9 Å². The number of aryl methyl sites for hydroxylation is 1. The first-order chi connectivity index (χ1) is 14.7. The van der Waals surface area contributed by atoms with Gasteiger partial charge >= 0.3 is 0 Å². The number of rotatable bonds is 7. The van der Waals surface area contributed by atoms with Gasteiger partial charge < -0.3 is 10.3 Å². The quantitative estimate of drug-likeness (QED) is 0.369. The van der Waals surface area contributed by atoms with Crippen molar-refractivity contribution in [3.63, 3.8) is 0 Å². The number of benzene rings is 3. The van der Waals surface area contributed by atoms with Crippen molar-refractivity contribution in [1.82, 2.24) is 10.3 Å². The first-order valence-corrected chi connectivity index (χ1v) is 10.7. The molecule has 0 aliphatic heterocycles. The van der Waals surface area contributed by atoms with Gasteiger partial charge in [-0.1, -0.05) is 79.2 Å². The number of aromatic nitrogens is 1. The molecule has 152 valence electrons. The third-order valence-electron chi connectivity index (χ3n) is 5.58. The Morgan fingerprint density at radius 2 is 1.77 bits per heavy atom. The summed E-state index contributed by atoms with van der Waals surface area (Å²) in [5, 5.41) is 4.93. The normalized spacial score (nSPS) is 12.1. The van der Waals surface area contributed by atoms with Crippen molar-refractivity contribution in [2.75, 3.05) is 0 Å². The van der Waals surface area contributed by atoms with Crippen molar-refractivity contribution in [2.24, 2.45) is 0 Å². The third-order valence-corrected chi connectivity index (χ3v) is 5.84. The van der Waals surface area contributed by atoms with E-state index in [2.05, 4.69) is 35.4 Å². The highest BCUT2D eigenvalue weighted by atomic mass is 35.5. The van der Waals surface area contributed by atoms with Gasteiger partial charge in [0.15, 0.2) is 0 Å². The number of hydrogen-bond donors (Lipinski definition) is 2. The molecule has 0 bridgehead atoms. The van der Waals surface area contributed by atoms with Crippen LogP contribution >= 0.6 is 11.6 Å². The van der Waals surface area contributed by atoms with Gasteiger partial charge in [0.05, 0.1) is 0 Å². The van der Waals surface area contributed by atoms with Crippen LogP contribution < -0.4 is 5.32 Å². The molecule has 1 heterocycles. The number of nitrogens with one attached hydrogen (secondary N) is 2. The number of aromatic amines is 1. The summed E-state index contributed by atoms with van der Waals surface area (Å²) in [7, 11) is 0. The lowest BCUT2D eigenvalue weighted by molar-refractivity contribution is -0.121. The fourth-order valence-corrected chi connectivity index (χ4v) is 4.10. The minimum Gasteiger partial charge on any atom is -0.361 e. The molecule has 0 fully saturated rings. The minimum absolute atomic E-state index is 0.0276. The van der Waals surface area contributed by atoms with E-state index in [1.54, 1.807) is 0 Å². The molecule has 0 spiro atoms. The number of carbonyl (C=O) groups excluding carboxylic acids is 1. The number of carbonyl (C=O) groups is 1. The van der Waals surface area contributed by atoms with Crippen LogP contribution in [0.3, 0.4) is 0 Å². The maximum absolute atomic E-state index is 12.9. The fourth-order valence-electron chi connectivity index (χ4n) is 3.98. The molecule has 1 amide bonds. The summed E-state index contributed by atoms with van der Waals surface area (Å²) in [5.41, 5.74) is 5.74. The molecule has 0 radical (unpaired) electrons. The molecule has 0 aliphatic rings. The second-order valence-electron chi connectivity index (χ2n) is 7.51. The van der Waals surface area contributed by atoms with Crippen LogP contribution in [-0.2, 0) is 17.8 Å². The molecule has 3 nitrogen and oxygen atoms in total. The average Bonchev–Trinajstić information content (AvgIpc) is 3.21. The van der Waals surface area contributed by atoms with Gasteiger partial charge in [0.1, 0.15) is 0 Å². The van der Waals surface area contributed by atoms with Crippen molar-refractivity contribution in [3.05, 3.63) is 106 Å². The molecular weight excluding hydrogens is 392 g/mol. The Bertz CT molecular complexity index is 1130. The molecule has 3 aromatic carbocycles. The maximum atomic E-state index is 12.9. The zero-order chi connectivity index (χ0) is 20.9. The fraction of sp³-hybridized carbons (Fsp3) is 0.192. The first kappa shape index (κ1) is 20.2. The summed E-state index contributed by atoms with van der Waals surface area (Å²) in [6.45, 7) is 2.68. The van der Waals surface area contributed by atoms with E-state index < -0.39 is 0 Å². The summed E-state index contributed by atoms with van der Waals surface area (Å²) in [6, 6.07) is 24.1. The molecule has 30 heavy (non-hydrogen) atoms. The smallest absolute Gasteiger partial charge is 0.221 e. The highest BCUT2D eigenvalue weighted by molar-refractivity contribution is 6.30. The third kappa shape index (κ3) is 4.42. The summed E-state index contributed by atoms with van der Waals surface area (Å²) in [4.78, 5) is 16.3. The second kappa shape index (κ2) is 9.19. The van der Waals surface area contributed by atoms with Gasteiger partial charge in [-0.15, -0.1) is 0 Å². The van der Waals surface area contributed by atoms with E-state index in [-0.39, 0.29) is 11.8 Å². The lowest BCUT2D eigenvalue weighted by Crippen LogP contribution is -2.25. The van der Waals surface area contributed by atoms with E-state index in [0.29, 0.717) is 18.0 Å². The monoisotopic (exact) mass is 416 g/mol. The zero-order valence-corrected chi connectivity index (χ0v) is 17.7. The van der Waals surface area contributed by atoms with E-state index in [0.717, 1.165) is 28.6 Å². The van der Waals surface area contributed by atoms with Crippen molar-refractivity contribution < 1.29 is 4.79 Å². The second-order valence-corrected chi connectivity index (χ2v) is 7.94. The van der Waals surface area contributed by atoms with Gasteiger partial charge in [-0.3, -0.25) is 4.79 Å². The SMILES string of the molecule is CCc1cccc2c([C@@H](CC(=O)NCc3ccccc3)c3ccc(Cl)cc3)c[nH]c12. The predicted molar refractivity (Wildman–Crippen MR) is 124 cm³/mol. The Morgan fingerprint density at radius 1 is 1.00 bits per heavy atom. The molecule has 4 aromatic rings. The molecule has 0 saturated heterocycles. The van der Waals surface area contributed by atoms with Crippen LogP contribution in [-0.4, -0.2) is 10.9 Å². The van der Waals surface area contributed by atoms with Crippen molar-refractivity contribution in [1.29, 1.82) is 0 Å². The Kier molecular flexibility index (Phi) is 6.20. The van der Waals surface area contributed by atoms with Gasteiger partial charge in [0.2, 0.25) is 5.91 Å². The Morgan fingerprint density at radius 3 is 2.50 bits per heavy atom. The van der Waals surface area contributed by atoms with Crippen LogP contribution in [0.5, 0.6) is 0 Å². The average molecular weight is 417 g/mol. The molecule has 1 atom stereocenters. The van der Waals surface area contributed by atoms with Crippen LogP contribution in [0.25, 0.3) is 10.9 Å². The largest absolute Gasteiger partial charge is 0.361 e. The van der Waals surface area contributed by atoms with Crippen LogP contribution in [0.2, 0.25) is 5.02 Å². The van der Waals surface area contributed by atoms with Crippen molar-refractivity contribution in [3.8, 4) is 0 Å². The Labute approximate surface area is 182 Å². The number of hydrogen-bond acceptors (Lipinski definition) is 1. The molecule has 1 aromatic heterocycles. The van der Waals surface area contributed by atoms with Gasteiger partial charge in [-0.25, -0.2) is 0 Å². The topological polar surface area (TPSA) is 44.9 Å². The van der Waals surface area contributed by atoms with Crippen molar-refractivity contribution in [2.45, 2.75) is 32.2 Å². The van der Waals surface area contributed by atoms with Gasteiger partial charge in [0.25, 0.3) is 0 Å². The van der Waals surface area contributed by atoms with Gasteiger partial charge in [0, 0.05) is 41.0 Å². The number of fused-ring (bicyclic) bond motifs is 1. The molecule has 4 rings (SSSR count). The van der Waals surface area contributed by atoms with E-state index in [4.69, 9.17) is 11.6 Å². The van der Waals surface area contributed by atoms with Gasteiger partial charge in [-0.2, -0.15) is 0 Å². The Balaban J connectivity index is 1.64. The molecule has 4 heteroatoms. The highest BCUT2D eigenvalue weighted by Crippen LogP contribution is 2.35.